The normalized spacial score (nSPS) is 12.2. The summed E-state index contributed by atoms with van der Waals surface area (Å²) in [7, 11) is -2.41. The fourth-order valence-corrected chi connectivity index (χ4v) is 4.67. The van der Waals surface area contributed by atoms with Gasteiger partial charge in [-0.1, -0.05) is 46.9 Å². The van der Waals surface area contributed by atoms with Gasteiger partial charge >= 0.3 is 0 Å². The van der Waals surface area contributed by atoms with E-state index in [0.717, 1.165) is 10.6 Å². The lowest BCUT2D eigenvalue weighted by atomic mass is 10.1. The van der Waals surface area contributed by atoms with Crippen molar-refractivity contribution in [1.82, 2.24) is 10.2 Å². The standard InChI is InChI=1S/C21H24Cl3N3O4S/c1-13-8-9-15(22)10-19(13)27(32(4,30)31)12-20(28)26(14(2)21(29)25-3)11-16-17(23)6-5-7-18(16)24/h5-10,14H,11-12H2,1-4H3,(H,25,29)/t14-/m1/s1. The van der Waals surface area contributed by atoms with Crippen molar-refractivity contribution < 1.29 is 18.0 Å². The third-order valence-corrected chi connectivity index (χ3v) is 6.99. The van der Waals surface area contributed by atoms with Crippen molar-refractivity contribution in [3.8, 4) is 0 Å². The Morgan fingerprint density at radius 1 is 1.09 bits per heavy atom. The molecule has 0 aliphatic rings. The highest BCUT2D eigenvalue weighted by molar-refractivity contribution is 7.92. The minimum atomic E-state index is -3.85. The van der Waals surface area contributed by atoms with E-state index in [1.54, 1.807) is 37.3 Å². The van der Waals surface area contributed by atoms with E-state index in [4.69, 9.17) is 34.8 Å². The van der Waals surface area contributed by atoms with Crippen LogP contribution in [0.3, 0.4) is 0 Å². The first-order chi connectivity index (χ1) is 14.9. The van der Waals surface area contributed by atoms with E-state index in [-0.39, 0.29) is 12.2 Å². The van der Waals surface area contributed by atoms with Gasteiger partial charge < -0.3 is 10.2 Å². The summed E-state index contributed by atoms with van der Waals surface area (Å²) >= 11 is 18.6. The molecule has 11 heteroatoms. The van der Waals surface area contributed by atoms with Crippen LogP contribution < -0.4 is 9.62 Å². The van der Waals surface area contributed by atoms with E-state index in [2.05, 4.69) is 5.32 Å². The van der Waals surface area contributed by atoms with Crippen LogP contribution in [0, 0.1) is 6.92 Å². The van der Waals surface area contributed by atoms with E-state index in [0.29, 0.717) is 26.2 Å². The average molecular weight is 521 g/mol. The molecule has 0 spiro atoms. The number of carbonyl (C=O) groups excluding carboxylic acids is 2. The number of halogens is 3. The maximum absolute atomic E-state index is 13.4. The van der Waals surface area contributed by atoms with E-state index >= 15 is 0 Å². The highest BCUT2D eigenvalue weighted by atomic mass is 35.5. The van der Waals surface area contributed by atoms with Crippen LogP contribution in [0.1, 0.15) is 18.1 Å². The molecule has 1 atom stereocenters. The van der Waals surface area contributed by atoms with Crippen molar-refractivity contribution in [2.45, 2.75) is 26.4 Å². The maximum Gasteiger partial charge on any atom is 0.244 e. The molecule has 2 aromatic carbocycles. The fraction of sp³-hybridized carbons (Fsp3) is 0.333. The Labute approximate surface area is 203 Å². The number of rotatable bonds is 8. The SMILES string of the molecule is CNC(=O)[C@@H](C)N(Cc1c(Cl)cccc1Cl)C(=O)CN(c1cc(Cl)ccc1C)S(C)(=O)=O. The van der Waals surface area contributed by atoms with E-state index in [1.807, 2.05) is 0 Å². The molecule has 0 aromatic heterocycles. The molecule has 7 nitrogen and oxygen atoms in total. The van der Waals surface area contributed by atoms with Gasteiger partial charge in [0.15, 0.2) is 0 Å². The monoisotopic (exact) mass is 519 g/mol. The fourth-order valence-electron chi connectivity index (χ4n) is 3.09. The number of carbonyl (C=O) groups is 2. The van der Waals surface area contributed by atoms with Gasteiger partial charge in [0.2, 0.25) is 21.8 Å². The molecule has 0 saturated heterocycles. The molecular weight excluding hydrogens is 497 g/mol. The van der Waals surface area contributed by atoms with Gasteiger partial charge in [-0.15, -0.1) is 0 Å². The molecule has 2 rings (SSSR count). The molecule has 2 amide bonds. The van der Waals surface area contributed by atoms with Crippen molar-refractivity contribution in [3.63, 3.8) is 0 Å². The van der Waals surface area contributed by atoms with Gasteiger partial charge in [-0.3, -0.25) is 13.9 Å². The van der Waals surface area contributed by atoms with Crippen LogP contribution in [0.4, 0.5) is 5.69 Å². The minimum Gasteiger partial charge on any atom is -0.357 e. The second kappa shape index (κ2) is 10.7. The minimum absolute atomic E-state index is 0.0853. The summed E-state index contributed by atoms with van der Waals surface area (Å²) in [5, 5.41) is 3.47. The predicted octanol–water partition coefficient (Wildman–Crippen LogP) is 3.88. The second-order valence-electron chi connectivity index (χ2n) is 7.21. The smallest absolute Gasteiger partial charge is 0.244 e. The lowest BCUT2D eigenvalue weighted by Crippen LogP contribution is -2.50. The molecule has 0 aliphatic carbocycles. The number of aryl methyl sites for hydroxylation is 1. The van der Waals surface area contributed by atoms with Gasteiger partial charge in [0.05, 0.1) is 11.9 Å². The van der Waals surface area contributed by atoms with Crippen LogP contribution in [0.5, 0.6) is 0 Å². The third kappa shape index (κ3) is 6.28. The summed E-state index contributed by atoms with van der Waals surface area (Å²) < 4.78 is 26.1. The van der Waals surface area contributed by atoms with Crippen molar-refractivity contribution in [2.24, 2.45) is 0 Å². The van der Waals surface area contributed by atoms with Crippen LogP contribution in [-0.2, 0) is 26.2 Å². The van der Waals surface area contributed by atoms with Crippen LogP contribution >= 0.6 is 34.8 Å². The largest absolute Gasteiger partial charge is 0.357 e. The Morgan fingerprint density at radius 3 is 2.22 bits per heavy atom. The first-order valence-electron chi connectivity index (χ1n) is 9.54. The summed E-state index contributed by atoms with van der Waals surface area (Å²) in [6.45, 7) is 2.63. The van der Waals surface area contributed by atoms with Crippen molar-refractivity contribution in [1.29, 1.82) is 0 Å². The highest BCUT2D eigenvalue weighted by Gasteiger charge is 2.31. The van der Waals surface area contributed by atoms with Crippen molar-refractivity contribution in [3.05, 3.63) is 62.6 Å². The average Bonchev–Trinajstić information content (AvgIpc) is 2.71. The van der Waals surface area contributed by atoms with Crippen LogP contribution in [0.25, 0.3) is 0 Å². The Balaban J connectivity index is 2.49. The van der Waals surface area contributed by atoms with Crippen LogP contribution in [0.2, 0.25) is 15.1 Å². The molecule has 174 valence electrons. The molecule has 0 aliphatic heterocycles. The third-order valence-electron chi connectivity index (χ3n) is 4.92. The summed E-state index contributed by atoms with van der Waals surface area (Å²) in [6.07, 6.45) is 0.998. The first-order valence-corrected chi connectivity index (χ1v) is 12.5. The number of sulfonamides is 1. The number of nitrogens with one attached hydrogen (secondary N) is 1. The summed E-state index contributed by atoms with van der Waals surface area (Å²) in [4.78, 5) is 27.0. The molecule has 2 aromatic rings. The maximum atomic E-state index is 13.4. The Bertz CT molecular complexity index is 1110. The number of benzene rings is 2. The number of likely N-dealkylation sites (N-methyl/N-ethyl adjacent to an activating group) is 1. The Hall–Kier alpha value is -2.00. The summed E-state index contributed by atoms with van der Waals surface area (Å²) in [6, 6.07) is 8.75. The van der Waals surface area contributed by atoms with Gasteiger partial charge in [-0.05, 0) is 43.7 Å². The number of nitrogens with zero attached hydrogens (tertiary/aromatic N) is 2. The molecule has 0 fully saturated rings. The molecule has 0 heterocycles. The molecule has 32 heavy (non-hydrogen) atoms. The zero-order valence-corrected chi connectivity index (χ0v) is 21.1. The van der Waals surface area contributed by atoms with Crippen molar-refractivity contribution in [2.75, 3.05) is 24.2 Å². The topological polar surface area (TPSA) is 86.8 Å². The lowest BCUT2D eigenvalue weighted by Gasteiger charge is -2.32. The van der Waals surface area contributed by atoms with Gasteiger partial charge in [0, 0.05) is 34.2 Å². The zero-order chi connectivity index (χ0) is 24.2. The number of hydrogen-bond acceptors (Lipinski definition) is 4. The van der Waals surface area contributed by atoms with Crippen LogP contribution in [-0.4, -0.2) is 51.0 Å². The number of hydrogen-bond donors (Lipinski definition) is 1. The molecule has 0 bridgehead atoms. The van der Waals surface area contributed by atoms with Crippen LogP contribution in [0.15, 0.2) is 36.4 Å². The number of anilines is 1. The quantitative estimate of drug-likeness (QED) is 0.572. The van der Waals surface area contributed by atoms with Gasteiger partial charge in [-0.2, -0.15) is 0 Å². The highest BCUT2D eigenvalue weighted by Crippen LogP contribution is 2.29. The molecular formula is C21H24Cl3N3O4S. The van der Waals surface area contributed by atoms with Crippen molar-refractivity contribution >= 4 is 62.3 Å². The van der Waals surface area contributed by atoms with Gasteiger partial charge in [-0.25, -0.2) is 8.42 Å². The Morgan fingerprint density at radius 2 is 1.69 bits per heavy atom. The van der Waals surface area contributed by atoms with E-state index in [1.165, 1.54) is 24.9 Å². The zero-order valence-electron chi connectivity index (χ0n) is 18.0. The number of amides is 2. The molecule has 0 saturated carbocycles. The summed E-state index contributed by atoms with van der Waals surface area (Å²) in [5.74, 6) is -1.03. The predicted molar refractivity (Wildman–Crippen MR) is 129 cm³/mol. The summed E-state index contributed by atoms with van der Waals surface area (Å²) in [5.41, 5.74) is 1.34. The molecule has 0 unspecified atom stereocenters. The first kappa shape index (κ1) is 26.3. The van der Waals surface area contributed by atoms with Gasteiger partial charge in [0.25, 0.3) is 0 Å². The lowest BCUT2D eigenvalue weighted by molar-refractivity contribution is -0.139. The second-order valence-corrected chi connectivity index (χ2v) is 10.4. The van der Waals surface area contributed by atoms with Gasteiger partial charge in [0.1, 0.15) is 12.6 Å². The Kier molecular flexibility index (Phi) is 8.82. The van der Waals surface area contributed by atoms with E-state index in [9.17, 15) is 18.0 Å². The van der Waals surface area contributed by atoms with E-state index < -0.39 is 34.4 Å². The molecule has 0 radical (unpaired) electrons. The molecule has 1 N–H and O–H groups in total.